The maximum absolute atomic E-state index is 11.7. The lowest BCUT2D eigenvalue weighted by Crippen LogP contribution is -2.19. The predicted molar refractivity (Wildman–Crippen MR) is 72.3 cm³/mol. The molecule has 0 bridgehead atoms. The summed E-state index contributed by atoms with van der Waals surface area (Å²) < 4.78 is 4.53. The van der Waals surface area contributed by atoms with Gasteiger partial charge in [-0.3, -0.25) is 4.79 Å². The Bertz CT molecular complexity index is 617. The Kier molecular flexibility index (Phi) is 4.13. The van der Waals surface area contributed by atoms with E-state index in [1.54, 1.807) is 6.07 Å². The minimum Gasteiger partial charge on any atom is -0.465 e. The summed E-state index contributed by atoms with van der Waals surface area (Å²) in [6, 6.07) is 13.3. The van der Waals surface area contributed by atoms with Crippen LogP contribution >= 0.6 is 0 Å². The predicted octanol–water partition coefficient (Wildman–Crippen LogP) is 1.95. The molecule has 0 fully saturated rings. The van der Waals surface area contributed by atoms with Crippen molar-refractivity contribution in [1.29, 1.82) is 0 Å². The van der Waals surface area contributed by atoms with Gasteiger partial charge in [0.25, 0.3) is 5.56 Å². The molecule has 0 spiro atoms. The van der Waals surface area contributed by atoms with Crippen molar-refractivity contribution in [2.24, 2.45) is 0 Å². The molecule has 0 unspecified atom stereocenters. The van der Waals surface area contributed by atoms with Crippen LogP contribution in [0.1, 0.15) is 21.6 Å². The number of nitrogens with one attached hydrogen (secondary N) is 1. The molecule has 1 aromatic carbocycles. The molecule has 1 N–H and O–H groups in total. The van der Waals surface area contributed by atoms with Gasteiger partial charge in [-0.25, -0.2) is 4.79 Å². The molecule has 0 atom stereocenters. The van der Waals surface area contributed by atoms with E-state index in [0.717, 1.165) is 18.5 Å². The van der Waals surface area contributed by atoms with Crippen LogP contribution in [0.5, 0.6) is 0 Å². The second-order valence-electron chi connectivity index (χ2n) is 4.20. The first-order valence-electron chi connectivity index (χ1n) is 6.05. The van der Waals surface area contributed by atoms with Gasteiger partial charge >= 0.3 is 5.97 Å². The zero-order valence-corrected chi connectivity index (χ0v) is 10.7. The molecule has 0 aliphatic rings. The number of rotatable bonds is 4. The van der Waals surface area contributed by atoms with E-state index in [2.05, 4.69) is 9.72 Å². The summed E-state index contributed by atoms with van der Waals surface area (Å²) in [6.07, 6.45) is 1.56. The maximum Gasteiger partial charge on any atom is 0.343 e. The number of ether oxygens (including phenoxy) is 1. The smallest absolute Gasteiger partial charge is 0.343 e. The minimum atomic E-state index is -0.615. The topological polar surface area (TPSA) is 59.2 Å². The molecule has 0 saturated heterocycles. The average Bonchev–Trinajstić information content (AvgIpc) is 2.45. The third-order valence-corrected chi connectivity index (χ3v) is 2.90. The number of benzene rings is 1. The number of methoxy groups -OCH3 is 1. The first-order chi connectivity index (χ1) is 9.20. The number of pyridine rings is 1. The molecule has 1 heterocycles. The summed E-state index contributed by atoms with van der Waals surface area (Å²) in [5.41, 5.74) is 1.64. The average molecular weight is 257 g/mol. The van der Waals surface area contributed by atoms with Crippen molar-refractivity contribution in [3.8, 4) is 0 Å². The number of aromatic amines is 1. The Labute approximate surface area is 111 Å². The van der Waals surface area contributed by atoms with E-state index in [4.69, 9.17) is 0 Å². The van der Waals surface area contributed by atoms with Gasteiger partial charge in [-0.05, 0) is 30.5 Å². The van der Waals surface area contributed by atoms with E-state index in [1.807, 2.05) is 30.3 Å². The van der Waals surface area contributed by atoms with E-state index in [-0.39, 0.29) is 5.56 Å². The first kappa shape index (κ1) is 13.1. The summed E-state index contributed by atoms with van der Waals surface area (Å²) in [6.45, 7) is 0. The van der Waals surface area contributed by atoms with Gasteiger partial charge in [-0.1, -0.05) is 30.3 Å². The van der Waals surface area contributed by atoms with E-state index >= 15 is 0 Å². The minimum absolute atomic E-state index is 0.0333. The van der Waals surface area contributed by atoms with Crippen LogP contribution < -0.4 is 5.56 Å². The van der Waals surface area contributed by atoms with Crippen molar-refractivity contribution < 1.29 is 9.53 Å². The molecular weight excluding hydrogens is 242 g/mol. The molecule has 0 radical (unpaired) electrons. The number of hydrogen-bond acceptors (Lipinski definition) is 3. The maximum atomic E-state index is 11.7. The fourth-order valence-electron chi connectivity index (χ4n) is 1.85. The molecule has 4 heteroatoms. The molecule has 19 heavy (non-hydrogen) atoms. The van der Waals surface area contributed by atoms with Crippen molar-refractivity contribution in [3.63, 3.8) is 0 Å². The monoisotopic (exact) mass is 257 g/mol. The van der Waals surface area contributed by atoms with Gasteiger partial charge in [-0.2, -0.15) is 0 Å². The molecule has 2 rings (SSSR count). The lowest BCUT2D eigenvalue weighted by atomic mass is 10.1. The van der Waals surface area contributed by atoms with E-state index in [1.165, 1.54) is 18.7 Å². The van der Waals surface area contributed by atoms with Gasteiger partial charge in [0.2, 0.25) is 0 Å². The third kappa shape index (κ3) is 3.31. The molecule has 1 aromatic heterocycles. The number of aromatic nitrogens is 1. The Morgan fingerprint density at radius 2 is 1.84 bits per heavy atom. The highest BCUT2D eigenvalue weighted by Gasteiger charge is 2.10. The molecule has 0 aliphatic carbocycles. The summed E-state index contributed by atoms with van der Waals surface area (Å²) in [4.78, 5) is 25.7. The van der Waals surface area contributed by atoms with Gasteiger partial charge in [-0.15, -0.1) is 0 Å². The van der Waals surface area contributed by atoms with Crippen LogP contribution in [0.3, 0.4) is 0 Å². The summed E-state index contributed by atoms with van der Waals surface area (Å²) in [7, 11) is 1.26. The van der Waals surface area contributed by atoms with E-state index in [0.29, 0.717) is 0 Å². The highest BCUT2D eigenvalue weighted by Crippen LogP contribution is 2.05. The highest BCUT2D eigenvalue weighted by atomic mass is 16.5. The number of esters is 1. The number of aryl methyl sites for hydroxylation is 2. The van der Waals surface area contributed by atoms with Crippen LogP contribution in [0.25, 0.3) is 0 Å². The normalized spacial score (nSPS) is 10.2. The largest absolute Gasteiger partial charge is 0.465 e. The summed E-state index contributed by atoms with van der Waals surface area (Å²) in [5, 5.41) is 0. The van der Waals surface area contributed by atoms with Gasteiger partial charge in [0.15, 0.2) is 0 Å². The van der Waals surface area contributed by atoms with Crippen LogP contribution in [-0.2, 0) is 17.6 Å². The standard InChI is InChI=1S/C15H15NO3/c1-19-15(18)13-10-9-12(16-14(13)17)8-7-11-5-3-2-4-6-11/h2-6,9-10H,7-8H2,1H3,(H,16,17). The van der Waals surface area contributed by atoms with Crippen molar-refractivity contribution in [2.75, 3.05) is 7.11 Å². The van der Waals surface area contributed by atoms with Crippen LogP contribution in [0.2, 0.25) is 0 Å². The fraction of sp³-hybridized carbons (Fsp3) is 0.200. The van der Waals surface area contributed by atoms with Crippen molar-refractivity contribution in [3.05, 3.63) is 69.6 Å². The fourth-order valence-corrected chi connectivity index (χ4v) is 1.85. The van der Waals surface area contributed by atoms with Gasteiger partial charge in [0, 0.05) is 5.69 Å². The Hall–Kier alpha value is -2.36. The molecule has 0 saturated carbocycles. The van der Waals surface area contributed by atoms with Gasteiger partial charge in [0.05, 0.1) is 7.11 Å². The van der Waals surface area contributed by atoms with Crippen molar-refractivity contribution in [1.82, 2.24) is 4.98 Å². The Morgan fingerprint density at radius 3 is 2.47 bits per heavy atom. The highest BCUT2D eigenvalue weighted by molar-refractivity contribution is 5.88. The quantitative estimate of drug-likeness (QED) is 0.852. The van der Waals surface area contributed by atoms with Gasteiger partial charge < -0.3 is 9.72 Å². The number of carbonyl (C=O) groups excluding carboxylic acids is 1. The zero-order chi connectivity index (χ0) is 13.7. The molecular formula is C15H15NO3. The first-order valence-corrected chi connectivity index (χ1v) is 6.05. The zero-order valence-electron chi connectivity index (χ0n) is 10.7. The second-order valence-corrected chi connectivity index (χ2v) is 4.20. The molecule has 2 aromatic rings. The van der Waals surface area contributed by atoms with Crippen LogP contribution in [0.15, 0.2) is 47.3 Å². The molecule has 0 aliphatic heterocycles. The van der Waals surface area contributed by atoms with Crippen LogP contribution in [0.4, 0.5) is 0 Å². The lowest BCUT2D eigenvalue weighted by Gasteiger charge is -2.03. The lowest BCUT2D eigenvalue weighted by molar-refractivity contribution is 0.0598. The molecule has 0 amide bonds. The SMILES string of the molecule is COC(=O)c1ccc(CCc2ccccc2)[nH]c1=O. The molecule has 98 valence electrons. The summed E-state index contributed by atoms with van der Waals surface area (Å²) >= 11 is 0. The third-order valence-electron chi connectivity index (χ3n) is 2.90. The Balaban J connectivity index is 2.09. The second kappa shape index (κ2) is 6.00. The van der Waals surface area contributed by atoms with E-state index in [9.17, 15) is 9.59 Å². The number of hydrogen-bond donors (Lipinski definition) is 1. The van der Waals surface area contributed by atoms with Crippen molar-refractivity contribution >= 4 is 5.97 Å². The van der Waals surface area contributed by atoms with Crippen LogP contribution in [-0.4, -0.2) is 18.1 Å². The van der Waals surface area contributed by atoms with E-state index < -0.39 is 11.5 Å². The summed E-state index contributed by atoms with van der Waals surface area (Å²) in [5.74, 6) is -0.615. The Morgan fingerprint density at radius 1 is 1.11 bits per heavy atom. The van der Waals surface area contributed by atoms with Crippen molar-refractivity contribution in [2.45, 2.75) is 12.8 Å². The van der Waals surface area contributed by atoms with Gasteiger partial charge in [0.1, 0.15) is 5.56 Å². The number of H-pyrrole nitrogens is 1. The molecule has 4 nitrogen and oxygen atoms in total. The number of carbonyl (C=O) groups is 1. The van der Waals surface area contributed by atoms with Crippen LogP contribution in [0, 0.1) is 0 Å².